The van der Waals surface area contributed by atoms with Crippen LogP contribution in [0.15, 0.2) is 43.0 Å². The number of alkyl halides is 3. The fraction of sp³-hybridized carbons (Fsp3) is 0.414. The van der Waals surface area contributed by atoms with Crippen LogP contribution in [0, 0.1) is 6.92 Å². The molecule has 0 aliphatic carbocycles. The van der Waals surface area contributed by atoms with Crippen molar-refractivity contribution >= 4 is 29.0 Å². The number of imidazole rings is 1. The lowest BCUT2D eigenvalue weighted by atomic mass is 10.0. The lowest BCUT2D eigenvalue weighted by Gasteiger charge is -2.36. The third-order valence-corrected chi connectivity index (χ3v) is 8.07. The van der Waals surface area contributed by atoms with Gasteiger partial charge in [0.15, 0.2) is 17.2 Å². The molecule has 2 amide bonds. The van der Waals surface area contributed by atoms with Crippen molar-refractivity contribution < 1.29 is 27.9 Å². The van der Waals surface area contributed by atoms with E-state index in [0.29, 0.717) is 61.9 Å². The van der Waals surface area contributed by atoms with Crippen molar-refractivity contribution in [1.29, 1.82) is 0 Å². The monoisotopic (exact) mass is 611 g/mol. The van der Waals surface area contributed by atoms with Gasteiger partial charge in [-0.05, 0) is 37.6 Å². The van der Waals surface area contributed by atoms with Crippen molar-refractivity contribution in [3.63, 3.8) is 0 Å². The van der Waals surface area contributed by atoms with Crippen molar-refractivity contribution in [3.05, 3.63) is 59.8 Å². The molecule has 1 aromatic carbocycles. The Morgan fingerprint density at radius 3 is 2.52 bits per heavy atom. The maximum absolute atomic E-state index is 13.6. The van der Waals surface area contributed by atoms with E-state index < -0.39 is 23.5 Å². The number of amides is 2. The number of rotatable bonds is 5. The number of aromatic nitrogens is 5. The maximum atomic E-state index is 13.6. The average Bonchev–Trinajstić information content (AvgIpc) is 3.68. The topological polar surface area (TPSA) is 133 Å². The molecule has 6 rings (SSSR count). The maximum Gasteiger partial charge on any atom is 0.435 e. The van der Waals surface area contributed by atoms with Crippen molar-refractivity contribution in [2.75, 3.05) is 38.0 Å². The van der Waals surface area contributed by atoms with E-state index in [9.17, 15) is 27.9 Å². The van der Waals surface area contributed by atoms with Crippen LogP contribution in [-0.4, -0.2) is 95.2 Å². The largest absolute Gasteiger partial charge is 0.435 e. The first-order valence-electron chi connectivity index (χ1n) is 14.2. The molecule has 15 heteroatoms. The molecule has 2 aliphatic rings. The van der Waals surface area contributed by atoms with Crippen molar-refractivity contribution in [2.24, 2.45) is 7.05 Å². The molecule has 0 saturated carbocycles. The molecule has 12 nitrogen and oxygen atoms in total. The molecule has 232 valence electrons. The van der Waals surface area contributed by atoms with Gasteiger partial charge in [0.25, 0.3) is 5.91 Å². The number of hydrogen-bond acceptors (Lipinski definition) is 8. The van der Waals surface area contributed by atoms with E-state index in [0.717, 1.165) is 10.2 Å². The third-order valence-electron chi connectivity index (χ3n) is 8.07. The second-order valence-electron chi connectivity index (χ2n) is 11.6. The molecule has 2 atom stereocenters. The Kier molecular flexibility index (Phi) is 7.32. The number of benzene rings is 1. The Hall–Kier alpha value is -4.50. The molecule has 2 fully saturated rings. The lowest BCUT2D eigenvalue weighted by molar-refractivity contribution is -0.141. The van der Waals surface area contributed by atoms with Crippen molar-refractivity contribution in [1.82, 2.24) is 39.3 Å². The molecule has 0 bridgehead atoms. The van der Waals surface area contributed by atoms with Crippen LogP contribution in [0.1, 0.15) is 35.0 Å². The zero-order valence-electron chi connectivity index (χ0n) is 24.4. The summed E-state index contributed by atoms with van der Waals surface area (Å²) in [5.74, 6) is 0.128. The van der Waals surface area contributed by atoms with E-state index in [4.69, 9.17) is 0 Å². The quantitative estimate of drug-likeness (QED) is 0.314. The Morgan fingerprint density at radius 2 is 1.86 bits per heavy atom. The number of halogens is 3. The van der Waals surface area contributed by atoms with E-state index in [-0.39, 0.29) is 23.1 Å². The highest BCUT2D eigenvalue weighted by molar-refractivity contribution is 5.96. The first-order valence-corrected chi connectivity index (χ1v) is 14.2. The van der Waals surface area contributed by atoms with Gasteiger partial charge in [0.1, 0.15) is 0 Å². The predicted molar refractivity (Wildman–Crippen MR) is 154 cm³/mol. The van der Waals surface area contributed by atoms with Crippen LogP contribution < -0.4 is 10.6 Å². The highest BCUT2D eigenvalue weighted by Gasteiger charge is 2.40. The average molecular weight is 612 g/mol. The number of aliphatic hydroxyl groups is 1. The van der Waals surface area contributed by atoms with E-state index in [1.165, 1.54) is 36.2 Å². The third kappa shape index (κ3) is 5.59. The fourth-order valence-corrected chi connectivity index (χ4v) is 5.83. The summed E-state index contributed by atoms with van der Waals surface area (Å²) in [5.41, 5.74) is 0.399. The molecule has 2 saturated heterocycles. The number of anilines is 2. The van der Waals surface area contributed by atoms with Gasteiger partial charge in [-0.3, -0.25) is 18.7 Å². The second kappa shape index (κ2) is 10.9. The van der Waals surface area contributed by atoms with E-state index in [1.807, 2.05) is 6.92 Å². The molecule has 5 heterocycles. The molecule has 0 unspecified atom stereocenters. The van der Waals surface area contributed by atoms with Gasteiger partial charge in [0.2, 0.25) is 5.91 Å². The summed E-state index contributed by atoms with van der Waals surface area (Å²) < 4.78 is 43.5. The van der Waals surface area contributed by atoms with Gasteiger partial charge in [-0.15, -0.1) is 0 Å². The number of nitrogens with zero attached hydrogens (tertiary/aromatic N) is 7. The standard InChI is InChI=1S/C29H32F3N9O3/c1-17-12-18(4-5-19(17)26(42)39-8-10-40(11-9-39)27(43)21-13-28(2,44)16-35-21)36-24-25-34-14-22(41(25)7-6-33-24)20-15-38(3)37-23(20)29(30,31)32/h4-7,12,14-15,21,35,44H,8-11,13,16H2,1-3H3,(H,33,36)/t21-,28-/m0/s1. The number of aryl methyl sites for hydroxylation is 2. The lowest BCUT2D eigenvalue weighted by Crippen LogP contribution is -2.54. The van der Waals surface area contributed by atoms with Gasteiger partial charge in [-0.25, -0.2) is 9.97 Å². The van der Waals surface area contributed by atoms with Crippen LogP contribution >= 0.6 is 0 Å². The summed E-state index contributed by atoms with van der Waals surface area (Å²) in [4.78, 5) is 38.4. The molecule has 0 radical (unpaired) electrons. The molecular weight excluding hydrogens is 579 g/mol. The van der Waals surface area contributed by atoms with E-state index >= 15 is 0 Å². The highest BCUT2D eigenvalue weighted by Crippen LogP contribution is 2.36. The highest BCUT2D eigenvalue weighted by atomic mass is 19.4. The fourth-order valence-electron chi connectivity index (χ4n) is 5.83. The summed E-state index contributed by atoms with van der Waals surface area (Å²) in [5, 5.41) is 20.0. The summed E-state index contributed by atoms with van der Waals surface area (Å²) in [7, 11) is 1.43. The number of nitrogens with one attached hydrogen (secondary N) is 2. The van der Waals surface area contributed by atoms with Gasteiger partial charge in [-0.2, -0.15) is 18.3 Å². The number of hydrogen-bond donors (Lipinski definition) is 3. The summed E-state index contributed by atoms with van der Waals surface area (Å²) in [6.45, 7) is 5.51. The molecular formula is C29H32F3N9O3. The minimum Gasteiger partial charge on any atom is -0.389 e. The zero-order valence-corrected chi connectivity index (χ0v) is 24.4. The molecule has 0 spiro atoms. The van der Waals surface area contributed by atoms with Gasteiger partial charge in [0.05, 0.1) is 29.1 Å². The van der Waals surface area contributed by atoms with Crippen molar-refractivity contribution in [3.8, 4) is 11.3 Å². The SMILES string of the molecule is Cc1cc(Nc2nccn3c(-c4cn(C)nc4C(F)(F)F)cnc23)ccc1C(=O)N1CCN(C(=O)[C@@H]2C[C@](C)(O)CN2)CC1. The normalized spacial score (nSPS) is 20.8. The minimum absolute atomic E-state index is 0.0593. The number of carbonyl (C=O) groups is 2. The first-order chi connectivity index (χ1) is 20.8. The number of piperazine rings is 1. The van der Waals surface area contributed by atoms with Crippen LogP contribution in [0.2, 0.25) is 0 Å². The number of β-amino-alcohol motifs (C(OH)–C–C–N with tert-alkyl or cyclic N) is 1. The van der Waals surface area contributed by atoms with Gasteiger partial charge < -0.3 is 25.5 Å². The van der Waals surface area contributed by atoms with Crippen LogP contribution in [-0.2, 0) is 18.0 Å². The number of fused-ring (bicyclic) bond motifs is 1. The van der Waals surface area contributed by atoms with E-state index in [1.54, 1.807) is 34.9 Å². The van der Waals surface area contributed by atoms with Crippen molar-refractivity contribution in [2.45, 2.75) is 38.1 Å². The van der Waals surface area contributed by atoms with Gasteiger partial charge in [0, 0.05) is 76.0 Å². The second-order valence-corrected chi connectivity index (χ2v) is 11.6. The summed E-state index contributed by atoms with van der Waals surface area (Å²) >= 11 is 0. The van der Waals surface area contributed by atoms with Crippen LogP contribution in [0.25, 0.3) is 16.9 Å². The zero-order chi connectivity index (χ0) is 31.4. The van der Waals surface area contributed by atoms with Gasteiger partial charge >= 0.3 is 6.18 Å². The Labute approximate surface area is 250 Å². The number of carbonyl (C=O) groups excluding carboxylic acids is 2. The Bertz CT molecular complexity index is 1740. The van der Waals surface area contributed by atoms with Crippen LogP contribution in [0.5, 0.6) is 0 Å². The smallest absolute Gasteiger partial charge is 0.389 e. The van der Waals surface area contributed by atoms with Crippen LogP contribution in [0.3, 0.4) is 0 Å². The molecule has 4 aromatic rings. The van der Waals surface area contributed by atoms with Crippen LogP contribution in [0.4, 0.5) is 24.7 Å². The molecule has 3 aromatic heterocycles. The first kappa shape index (κ1) is 29.6. The minimum atomic E-state index is -4.63. The summed E-state index contributed by atoms with van der Waals surface area (Å²) in [6.07, 6.45) is 1.37. The predicted octanol–water partition coefficient (Wildman–Crippen LogP) is 2.60. The molecule has 44 heavy (non-hydrogen) atoms. The van der Waals surface area contributed by atoms with Gasteiger partial charge in [-0.1, -0.05) is 0 Å². The molecule has 3 N–H and O–H groups in total. The molecule has 2 aliphatic heterocycles. The Morgan fingerprint density at radius 1 is 1.14 bits per heavy atom. The summed E-state index contributed by atoms with van der Waals surface area (Å²) in [6, 6.07) is 4.82. The van der Waals surface area contributed by atoms with E-state index in [2.05, 4.69) is 25.7 Å². The Balaban J connectivity index is 1.15.